The molecule has 3 heteroatoms. The van der Waals surface area contributed by atoms with E-state index in [1.165, 1.54) is 22.3 Å². The fourth-order valence-corrected chi connectivity index (χ4v) is 2.77. The van der Waals surface area contributed by atoms with E-state index < -0.39 is 20.8 Å². The number of allylic oxidation sites excluding steroid dienone is 1. The zero-order valence-corrected chi connectivity index (χ0v) is 16.3. The van der Waals surface area contributed by atoms with Crippen molar-refractivity contribution in [3.63, 3.8) is 0 Å². The summed E-state index contributed by atoms with van der Waals surface area (Å²) < 4.78 is 0. The number of fused-ring (bicyclic) bond motifs is 1. The Hall–Kier alpha value is 0.423. The Balaban J connectivity index is 0.000000550. The summed E-state index contributed by atoms with van der Waals surface area (Å²) >= 11 is -0.826. The molecule has 0 aromatic heterocycles. The second-order valence-electron chi connectivity index (χ2n) is 5.69. The van der Waals surface area contributed by atoms with Crippen molar-refractivity contribution < 1.29 is 20.8 Å². The molecule has 0 spiro atoms. The van der Waals surface area contributed by atoms with Gasteiger partial charge in [-0.2, -0.15) is 0 Å². The van der Waals surface area contributed by atoms with Crippen molar-refractivity contribution in [1.82, 2.24) is 0 Å². The predicted octanol–water partition coefficient (Wildman–Crippen LogP) is 6.27. The average molecular weight is 376 g/mol. The third-order valence-electron chi connectivity index (χ3n) is 3.47. The molecule has 1 aliphatic carbocycles. The molecule has 0 bridgehead atoms. The van der Waals surface area contributed by atoms with Crippen LogP contribution in [0.25, 0.3) is 6.08 Å². The maximum absolute atomic E-state index is 4.93. The van der Waals surface area contributed by atoms with Gasteiger partial charge in [-0.25, -0.2) is 0 Å². The summed E-state index contributed by atoms with van der Waals surface area (Å²) in [6.07, 6.45) is 3.53. The fourth-order valence-electron chi connectivity index (χ4n) is 2.77. The average Bonchev–Trinajstić information content (AvgIpc) is 2.68. The monoisotopic (exact) mass is 374 g/mol. The summed E-state index contributed by atoms with van der Waals surface area (Å²) in [5, 5.41) is 0. The Labute approximate surface area is 136 Å². The van der Waals surface area contributed by atoms with Crippen LogP contribution in [0.4, 0.5) is 0 Å². The zero-order valence-electron chi connectivity index (χ0n) is 12.3. The van der Waals surface area contributed by atoms with Gasteiger partial charge in [0.2, 0.25) is 0 Å². The molecule has 0 nitrogen and oxygen atoms in total. The second kappa shape index (κ2) is 8.01. The predicted molar refractivity (Wildman–Crippen MR) is 83.7 cm³/mol. The van der Waals surface area contributed by atoms with Gasteiger partial charge in [0.1, 0.15) is 0 Å². The van der Waals surface area contributed by atoms with Crippen LogP contribution in [0, 0.1) is 0 Å². The molecule has 0 N–H and O–H groups in total. The van der Waals surface area contributed by atoms with Crippen molar-refractivity contribution in [2.75, 3.05) is 0 Å². The van der Waals surface area contributed by atoms with Gasteiger partial charge >= 0.3 is 37.9 Å². The third-order valence-corrected chi connectivity index (χ3v) is 3.47. The van der Waals surface area contributed by atoms with Crippen LogP contribution in [0.15, 0.2) is 17.7 Å². The van der Waals surface area contributed by atoms with E-state index in [9.17, 15) is 0 Å². The summed E-state index contributed by atoms with van der Waals surface area (Å²) in [5.74, 6) is 1.24. The molecule has 19 heavy (non-hydrogen) atoms. The number of halogens is 2. The van der Waals surface area contributed by atoms with Crippen molar-refractivity contribution in [1.29, 1.82) is 0 Å². The summed E-state index contributed by atoms with van der Waals surface area (Å²) in [5.41, 5.74) is 7.63. The van der Waals surface area contributed by atoms with Crippen LogP contribution in [0.5, 0.6) is 0 Å². The van der Waals surface area contributed by atoms with Crippen LogP contribution in [0.2, 0.25) is 0 Å². The molecule has 0 radical (unpaired) electrons. The fraction of sp³-hybridized carbons (Fsp3) is 0.500. The molecular weight excluding hydrogens is 354 g/mol. The molecular formula is C16H22Cl2Zr. The minimum atomic E-state index is -0.826. The topological polar surface area (TPSA) is 0 Å². The van der Waals surface area contributed by atoms with Crippen LogP contribution in [-0.2, 0) is 27.3 Å². The summed E-state index contributed by atoms with van der Waals surface area (Å²) in [6, 6.07) is 4.66. The molecule has 0 unspecified atom stereocenters. The van der Waals surface area contributed by atoms with Gasteiger partial charge in [-0.05, 0) is 47.4 Å². The Morgan fingerprint density at radius 2 is 1.63 bits per heavy atom. The standard InChI is InChI=1S/C16H22.2ClH.Zr/c1-10(2)14-7-6-13-8-12(5)9-15(13)16(14)11(3)4;;;/h6-7,9-11H,8H2,1-5H3;2*1H;/q;;;+2/p-2. The van der Waals surface area contributed by atoms with E-state index in [-0.39, 0.29) is 0 Å². The first-order valence-electron chi connectivity index (χ1n) is 6.71. The van der Waals surface area contributed by atoms with Gasteiger partial charge in [0.25, 0.3) is 0 Å². The van der Waals surface area contributed by atoms with Crippen molar-refractivity contribution in [2.45, 2.75) is 52.9 Å². The molecule has 1 aromatic rings. The van der Waals surface area contributed by atoms with Gasteiger partial charge < -0.3 is 0 Å². The summed E-state index contributed by atoms with van der Waals surface area (Å²) in [6.45, 7) is 11.4. The quantitative estimate of drug-likeness (QED) is 0.571. The van der Waals surface area contributed by atoms with Crippen molar-refractivity contribution in [3.8, 4) is 0 Å². The van der Waals surface area contributed by atoms with Gasteiger partial charge in [-0.3, -0.25) is 0 Å². The Kier molecular flexibility index (Phi) is 7.37. The first-order valence-corrected chi connectivity index (χ1v) is 13.0. The van der Waals surface area contributed by atoms with Crippen LogP contribution >= 0.6 is 17.0 Å². The SMILES string of the molecule is CC1=Cc2c(ccc(C(C)C)c2C(C)C)C1.[Cl][Zr][Cl]. The van der Waals surface area contributed by atoms with E-state index >= 15 is 0 Å². The van der Waals surface area contributed by atoms with Gasteiger partial charge in [-0.15, -0.1) is 0 Å². The number of rotatable bonds is 2. The number of hydrogen-bond acceptors (Lipinski definition) is 0. The van der Waals surface area contributed by atoms with Gasteiger partial charge in [0, 0.05) is 0 Å². The number of benzene rings is 1. The molecule has 1 aromatic carbocycles. The zero-order chi connectivity index (χ0) is 14.6. The molecule has 0 aliphatic heterocycles. The van der Waals surface area contributed by atoms with Crippen molar-refractivity contribution in [3.05, 3.63) is 40.0 Å². The first-order chi connectivity index (χ1) is 8.92. The summed E-state index contributed by atoms with van der Waals surface area (Å²) in [4.78, 5) is 0. The molecule has 0 saturated heterocycles. The molecule has 0 heterocycles. The van der Waals surface area contributed by atoms with Crippen LogP contribution < -0.4 is 0 Å². The summed E-state index contributed by atoms with van der Waals surface area (Å²) in [7, 11) is 9.87. The van der Waals surface area contributed by atoms with E-state index in [1.807, 2.05) is 0 Å². The molecule has 0 saturated carbocycles. The molecule has 0 fully saturated rings. The Morgan fingerprint density at radius 1 is 1.05 bits per heavy atom. The van der Waals surface area contributed by atoms with E-state index in [4.69, 9.17) is 17.0 Å². The Morgan fingerprint density at radius 3 is 2.11 bits per heavy atom. The van der Waals surface area contributed by atoms with Crippen molar-refractivity contribution >= 4 is 23.1 Å². The maximum atomic E-state index is 4.93. The Bertz CT molecular complexity index is 462. The van der Waals surface area contributed by atoms with Crippen LogP contribution in [-0.4, -0.2) is 0 Å². The van der Waals surface area contributed by atoms with Crippen molar-refractivity contribution in [2.24, 2.45) is 0 Å². The van der Waals surface area contributed by atoms with E-state index in [0.29, 0.717) is 11.8 Å². The van der Waals surface area contributed by atoms with Crippen LogP contribution in [0.1, 0.15) is 68.7 Å². The first kappa shape index (κ1) is 17.5. The van der Waals surface area contributed by atoms with Gasteiger partial charge in [0.15, 0.2) is 0 Å². The third kappa shape index (κ3) is 4.45. The number of hydrogen-bond donors (Lipinski definition) is 0. The van der Waals surface area contributed by atoms with Gasteiger partial charge in [0.05, 0.1) is 0 Å². The molecule has 1 aliphatic rings. The second-order valence-corrected chi connectivity index (χ2v) is 9.42. The van der Waals surface area contributed by atoms with E-state index in [1.54, 1.807) is 5.56 Å². The molecule has 104 valence electrons. The molecule has 0 amide bonds. The molecule has 0 atom stereocenters. The van der Waals surface area contributed by atoms with E-state index in [0.717, 1.165) is 6.42 Å². The van der Waals surface area contributed by atoms with Gasteiger partial charge in [-0.1, -0.05) is 51.5 Å². The minimum absolute atomic E-state index is 0.620. The van der Waals surface area contributed by atoms with E-state index in [2.05, 4.69) is 52.8 Å². The van der Waals surface area contributed by atoms with Crippen LogP contribution in [0.3, 0.4) is 0 Å². The molecule has 2 rings (SSSR count). The normalized spacial score (nSPS) is 13.0.